The van der Waals surface area contributed by atoms with Crippen molar-refractivity contribution in [3.8, 4) is 11.5 Å². The number of rotatable bonds is 2. The average Bonchev–Trinajstić information content (AvgIpc) is 2.65. The van der Waals surface area contributed by atoms with Crippen LogP contribution in [0.25, 0.3) is 0 Å². The minimum absolute atomic E-state index is 0.249. The molecule has 3 heteroatoms. The highest BCUT2D eigenvalue weighted by Gasteiger charge is 2.35. The summed E-state index contributed by atoms with van der Waals surface area (Å²) in [5.74, 6) is 0.943. The lowest BCUT2D eigenvalue weighted by Gasteiger charge is -2.26. The highest BCUT2D eigenvalue weighted by atomic mass is 16.5. The van der Waals surface area contributed by atoms with Crippen LogP contribution in [0.3, 0.4) is 0 Å². The second-order valence-corrected chi connectivity index (χ2v) is 4.22. The summed E-state index contributed by atoms with van der Waals surface area (Å²) in [6, 6.07) is 5.29. The molecule has 1 aliphatic carbocycles. The fourth-order valence-electron chi connectivity index (χ4n) is 2.45. The Hall–Kier alpha value is -1.22. The molecule has 0 bridgehead atoms. The minimum atomic E-state index is -0.406. The van der Waals surface area contributed by atoms with Crippen LogP contribution in [0.15, 0.2) is 18.2 Å². The van der Waals surface area contributed by atoms with Crippen LogP contribution in [0.2, 0.25) is 0 Å². The van der Waals surface area contributed by atoms with E-state index in [0.717, 1.165) is 31.2 Å². The van der Waals surface area contributed by atoms with Crippen LogP contribution in [0.1, 0.15) is 31.2 Å². The molecular weight excluding hydrogens is 190 g/mol. The molecule has 1 aromatic rings. The molecule has 0 aliphatic heterocycles. The highest BCUT2D eigenvalue weighted by Crippen LogP contribution is 2.44. The zero-order valence-corrected chi connectivity index (χ0v) is 8.99. The molecule has 3 N–H and O–H groups in total. The van der Waals surface area contributed by atoms with Crippen molar-refractivity contribution in [3.63, 3.8) is 0 Å². The molecule has 82 valence electrons. The molecule has 1 aromatic carbocycles. The van der Waals surface area contributed by atoms with E-state index < -0.39 is 5.54 Å². The number of hydrogen-bond acceptors (Lipinski definition) is 3. The van der Waals surface area contributed by atoms with Gasteiger partial charge in [0.1, 0.15) is 11.5 Å². The fourth-order valence-corrected chi connectivity index (χ4v) is 2.45. The third-order valence-electron chi connectivity index (χ3n) is 3.22. The van der Waals surface area contributed by atoms with E-state index in [2.05, 4.69) is 0 Å². The largest absolute Gasteiger partial charge is 0.507 e. The molecule has 1 saturated carbocycles. The van der Waals surface area contributed by atoms with Gasteiger partial charge in [0.25, 0.3) is 0 Å². The Morgan fingerprint density at radius 3 is 2.60 bits per heavy atom. The van der Waals surface area contributed by atoms with E-state index in [0.29, 0.717) is 5.75 Å². The maximum Gasteiger partial charge on any atom is 0.127 e. The third kappa shape index (κ3) is 1.67. The van der Waals surface area contributed by atoms with Crippen LogP contribution in [0.5, 0.6) is 11.5 Å². The van der Waals surface area contributed by atoms with E-state index in [1.807, 2.05) is 6.07 Å². The molecular formula is C12H17NO2. The number of phenolic OH excluding ortho intramolecular Hbond substituents is 1. The van der Waals surface area contributed by atoms with E-state index in [1.165, 1.54) is 0 Å². The van der Waals surface area contributed by atoms with Gasteiger partial charge in [-0.3, -0.25) is 0 Å². The lowest BCUT2D eigenvalue weighted by Crippen LogP contribution is -2.33. The summed E-state index contributed by atoms with van der Waals surface area (Å²) in [6.07, 6.45) is 4.07. The van der Waals surface area contributed by atoms with E-state index in [4.69, 9.17) is 10.5 Å². The molecule has 0 spiro atoms. The van der Waals surface area contributed by atoms with Crippen LogP contribution in [-0.2, 0) is 5.54 Å². The molecule has 1 fully saturated rings. The SMILES string of the molecule is COc1cccc(O)c1C1(N)CCCC1. The molecule has 2 rings (SSSR count). The lowest BCUT2D eigenvalue weighted by atomic mass is 9.88. The molecule has 1 aliphatic rings. The third-order valence-corrected chi connectivity index (χ3v) is 3.22. The van der Waals surface area contributed by atoms with Crippen molar-refractivity contribution in [2.45, 2.75) is 31.2 Å². The highest BCUT2D eigenvalue weighted by molar-refractivity contribution is 5.48. The first-order valence-electron chi connectivity index (χ1n) is 5.33. The summed E-state index contributed by atoms with van der Waals surface area (Å²) in [4.78, 5) is 0. The number of nitrogens with two attached hydrogens (primary N) is 1. The van der Waals surface area contributed by atoms with Gasteiger partial charge in [0.2, 0.25) is 0 Å². The number of aromatic hydroxyl groups is 1. The number of methoxy groups -OCH3 is 1. The zero-order chi connectivity index (χ0) is 10.9. The summed E-state index contributed by atoms with van der Waals surface area (Å²) in [5, 5.41) is 9.89. The van der Waals surface area contributed by atoms with E-state index >= 15 is 0 Å². The van der Waals surface area contributed by atoms with Crippen molar-refractivity contribution < 1.29 is 9.84 Å². The van der Waals surface area contributed by atoms with Gasteiger partial charge < -0.3 is 15.6 Å². The van der Waals surface area contributed by atoms with Gasteiger partial charge in [-0.05, 0) is 25.0 Å². The van der Waals surface area contributed by atoms with Gasteiger partial charge in [-0.1, -0.05) is 18.9 Å². The van der Waals surface area contributed by atoms with Crippen LogP contribution in [0, 0.1) is 0 Å². The number of ether oxygens (including phenoxy) is 1. The summed E-state index contributed by atoms with van der Waals surface area (Å²) < 4.78 is 5.26. The summed E-state index contributed by atoms with van der Waals surface area (Å²) >= 11 is 0. The molecule has 0 saturated heterocycles. The lowest BCUT2D eigenvalue weighted by molar-refractivity contribution is 0.359. The van der Waals surface area contributed by atoms with E-state index in [-0.39, 0.29) is 5.75 Å². The maximum atomic E-state index is 9.89. The predicted molar refractivity (Wildman–Crippen MR) is 59.0 cm³/mol. The fraction of sp³-hybridized carbons (Fsp3) is 0.500. The summed E-state index contributed by atoms with van der Waals surface area (Å²) in [6.45, 7) is 0. The molecule has 0 atom stereocenters. The molecule has 0 amide bonds. The van der Waals surface area contributed by atoms with Crippen LogP contribution in [0.4, 0.5) is 0 Å². The van der Waals surface area contributed by atoms with Gasteiger partial charge in [0, 0.05) is 5.54 Å². The predicted octanol–water partition coefficient (Wildman–Crippen LogP) is 2.13. The Kier molecular flexibility index (Phi) is 2.57. The first-order valence-corrected chi connectivity index (χ1v) is 5.33. The molecule has 0 radical (unpaired) electrons. The standard InChI is InChI=1S/C12H17NO2/c1-15-10-6-4-5-9(14)11(10)12(13)7-2-3-8-12/h4-6,14H,2-3,7-8,13H2,1H3. The van der Waals surface area contributed by atoms with Gasteiger partial charge in [0.05, 0.1) is 12.7 Å². The Morgan fingerprint density at radius 2 is 2.00 bits per heavy atom. The second kappa shape index (κ2) is 3.74. The average molecular weight is 207 g/mol. The Bertz CT molecular complexity index is 357. The molecule has 0 aromatic heterocycles. The van der Waals surface area contributed by atoms with Gasteiger partial charge in [-0.2, -0.15) is 0 Å². The van der Waals surface area contributed by atoms with Crippen LogP contribution >= 0.6 is 0 Å². The van der Waals surface area contributed by atoms with Crippen molar-refractivity contribution >= 4 is 0 Å². The van der Waals surface area contributed by atoms with Crippen LogP contribution in [-0.4, -0.2) is 12.2 Å². The quantitative estimate of drug-likeness (QED) is 0.781. The number of phenols is 1. The minimum Gasteiger partial charge on any atom is -0.507 e. The van der Waals surface area contributed by atoms with E-state index in [1.54, 1.807) is 19.2 Å². The van der Waals surface area contributed by atoms with Crippen molar-refractivity contribution in [1.29, 1.82) is 0 Å². The van der Waals surface area contributed by atoms with E-state index in [9.17, 15) is 5.11 Å². The smallest absolute Gasteiger partial charge is 0.127 e. The van der Waals surface area contributed by atoms with Crippen molar-refractivity contribution in [1.82, 2.24) is 0 Å². The van der Waals surface area contributed by atoms with Gasteiger partial charge >= 0.3 is 0 Å². The van der Waals surface area contributed by atoms with Crippen molar-refractivity contribution in [3.05, 3.63) is 23.8 Å². The molecule has 15 heavy (non-hydrogen) atoms. The topological polar surface area (TPSA) is 55.5 Å². The van der Waals surface area contributed by atoms with Crippen molar-refractivity contribution in [2.24, 2.45) is 5.73 Å². The maximum absolute atomic E-state index is 9.89. The Balaban J connectivity index is 2.49. The normalized spacial score (nSPS) is 19.1. The summed E-state index contributed by atoms with van der Waals surface area (Å²) in [7, 11) is 1.61. The van der Waals surface area contributed by atoms with Gasteiger partial charge in [0.15, 0.2) is 0 Å². The van der Waals surface area contributed by atoms with Gasteiger partial charge in [-0.15, -0.1) is 0 Å². The molecule has 0 unspecified atom stereocenters. The number of hydrogen-bond donors (Lipinski definition) is 2. The molecule has 3 nitrogen and oxygen atoms in total. The molecule has 0 heterocycles. The summed E-state index contributed by atoms with van der Waals surface area (Å²) in [5.41, 5.74) is 6.68. The van der Waals surface area contributed by atoms with Crippen molar-refractivity contribution in [2.75, 3.05) is 7.11 Å². The van der Waals surface area contributed by atoms with Crippen LogP contribution < -0.4 is 10.5 Å². The van der Waals surface area contributed by atoms with Gasteiger partial charge in [-0.25, -0.2) is 0 Å². The Labute approximate surface area is 89.9 Å². The second-order valence-electron chi connectivity index (χ2n) is 4.22. The zero-order valence-electron chi connectivity index (χ0n) is 8.99. The monoisotopic (exact) mass is 207 g/mol. The number of benzene rings is 1. The Morgan fingerprint density at radius 1 is 1.33 bits per heavy atom. The first-order chi connectivity index (χ1) is 7.17. The first kappa shape index (κ1) is 10.3.